The fraction of sp³-hybridized carbons (Fsp3) is 0.727. The topological polar surface area (TPSA) is 74.6 Å². The fourth-order valence-corrected chi connectivity index (χ4v) is 7.89. The number of carbonyl (C=O) groups is 2. The molecule has 5 heteroatoms. The van der Waals surface area contributed by atoms with E-state index in [0.29, 0.717) is 12.8 Å². The van der Waals surface area contributed by atoms with Gasteiger partial charge in [0.25, 0.3) is 0 Å². The lowest BCUT2D eigenvalue weighted by Crippen LogP contribution is -2.59. The Morgan fingerprint density at radius 1 is 1.37 bits per heavy atom. The van der Waals surface area contributed by atoms with E-state index in [1.54, 1.807) is 12.2 Å². The minimum Gasteiger partial charge on any atom is -0.393 e. The molecule has 4 nitrogen and oxygen atoms in total. The molecule has 0 saturated heterocycles. The molecule has 0 spiro atoms. The van der Waals surface area contributed by atoms with Gasteiger partial charge in [0.15, 0.2) is 11.6 Å². The summed E-state index contributed by atoms with van der Waals surface area (Å²) in [5.74, 6) is 0.0613. The van der Waals surface area contributed by atoms with Gasteiger partial charge in [-0.3, -0.25) is 9.59 Å². The molecule has 0 aromatic carbocycles. The number of hydrogen-bond donors (Lipinski definition) is 2. The second-order valence-electron chi connectivity index (χ2n) is 9.71. The van der Waals surface area contributed by atoms with Crippen LogP contribution in [0.25, 0.3) is 0 Å². The van der Waals surface area contributed by atoms with Crippen LogP contribution in [-0.2, 0) is 9.59 Å². The summed E-state index contributed by atoms with van der Waals surface area (Å²) in [5, 5.41) is 20.6. The maximum atomic E-state index is 12.5. The first-order valence-electron chi connectivity index (χ1n) is 10.0. The highest BCUT2D eigenvalue weighted by Crippen LogP contribution is 2.67. The number of rotatable bonds is 2. The highest BCUT2D eigenvalue weighted by atomic mass is 35.5. The van der Waals surface area contributed by atoms with E-state index < -0.39 is 12.7 Å². The average Bonchev–Trinajstić information content (AvgIpc) is 2.85. The van der Waals surface area contributed by atoms with Crippen LogP contribution in [0.2, 0.25) is 0 Å². The molecule has 4 rings (SSSR count). The molecular weight excluding hydrogens is 364 g/mol. The summed E-state index contributed by atoms with van der Waals surface area (Å²) in [6.07, 6.45) is 6.75. The van der Waals surface area contributed by atoms with E-state index in [9.17, 15) is 19.8 Å². The fourth-order valence-electron chi connectivity index (χ4n) is 7.39. The number of halogens is 1. The average molecular weight is 393 g/mol. The summed E-state index contributed by atoms with van der Waals surface area (Å²) >= 11 is 6.90. The molecule has 3 fully saturated rings. The first-order valence-corrected chi connectivity index (χ1v) is 10.5. The minimum atomic E-state index is -0.594. The number of aliphatic hydroxyl groups is 2. The third-order valence-corrected chi connectivity index (χ3v) is 8.77. The molecule has 27 heavy (non-hydrogen) atoms. The third-order valence-electron chi connectivity index (χ3n) is 8.33. The van der Waals surface area contributed by atoms with Gasteiger partial charge >= 0.3 is 0 Å². The minimum absolute atomic E-state index is 0.0111. The van der Waals surface area contributed by atoms with Gasteiger partial charge < -0.3 is 10.2 Å². The van der Waals surface area contributed by atoms with Crippen LogP contribution < -0.4 is 0 Å². The molecule has 0 unspecified atom stereocenters. The number of alkyl halides is 1. The van der Waals surface area contributed by atoms with Crippen molar-refractivity contribution >= 4 is 23.2 Å². The second kappa shape index (κ2) is 6.27. The Hall–Kier alpha value is -0.970. The van der Waals surface area contributed by atoms with E-state index in [0.717, 1.165) is 12.0 Å². The van der Waals surface area contributed by atoms with Crippen LogP contribution in [0, 0.1) is 40.4 Å². The van der Waals surface area contributed by atoms with Gasteiger partial charge in [0, 0.05) is 22.6 Å². The molecule has 0 bridgehead atoms. The maximum Gasteiger partial charge on any atom is 0.178 e. The number of fused-ring (bicyclic) bond motifs is 5. The largest absolute Gasteiger partial charge is 0.393 e. The summed E-state index contributed by atoms with van der Waals surface area (Å²) in [7, 11) is 0. The van der Waals surface area contributed by atoms with Crippen LogP contribution in [0.3, 0.4) is 0 Å². The van der Waals surface area contributed by atoms with Crippen molar-refractivity contribution in [3.63, 3.8) is 0 Å². The number of aliphatic hydroxyl groups excluding tert-OH is 2. The molecule has 0 aromatic rings. The van der Waals surface area contributed by atoms with Crippen LogP contribution in [0.4, 0.5) is 0 Å². The van der Waals surface area contributed by atoms with Crippen LogP contribution in [0.5, 0.6) is 0 Å². The summed E-state index contributed by atoms with van der Waals surface area (Å²) in [6, 6.07) is 0. The zero-order chi connectivity index (χ0) is 19.7. The zero-order valence-electron chi connectivity index (χ0n) is 16.2. The van der Waals surface area contributed by atoms with Crippen LogP contribution in [-0.4, -0.2) is 39.9 Å². The van der Waals surface area contributed by atoms with Gasteiger partial charge in [-0.2, -0.15) is 0 Å². The van der Waals surface area contributed by atoms with Gasteiger partial charge in [-0.1, -0.05) is 32.4 Å². The lowest BCUT2D eigenvalue weighted by molar-refractivity contribution is -0.142. The van der Waals surface area contributed by atoms with Crippen LogP contribution in [0.15, 0.2) is 23.8 Å². The number of carbonyl (C=O) groups excluding carboxylic acids is 2. The van der Waals surface area contributed by atoms with Crippen molar-refractivity contribution in [1.29, 1.82) is 0 Å². The Balaban J connectivity index is 1.78. The lowest BCUT2D eigenvalue weighted by atomic mass is 9.46. The van der Waals surface area contributed by atoms with Crippen molar-refractivity contribution in [2.45, 2.75) is 51.5 Å². The van der Waals surface area contributed by atoms with E-state index in [2.05, 4.69) is 20.8 Å². The highest BCUT2D eigenvalue weighted by molar-refractivity contribution is 6.21. The molecule has 0 amide bonds. The first-order chi connectivity index (χ1) is 12.6. The Bertz CT molecular complexity index is 743. The van der Waals surface area contributed by atoms with Gasteiger partial charge in [0.2, 0.25) is 0 Å². The van der Waals surface area contributed by atoms with Crippen molar-refractivity contribution in [3.8, 4) is 0 Å². The van der Waals surface area contributed by atoms with E-state index in [1.807, 2.05) is 6.08 Å². The van der Waals surface area contributed by atoms with Gasteiger partial charge in [0.1, 0.15) is 6.61 Å². The number of Topliss-reactive ketones (excluding diaryl/α,β-unsaturated/α-hetero) is 1. The molecule has 0 aliphatic heterocycles. The summed E-state index contributed by atoms with van der Waals surface area (Å²) < 4.78 is 0. The Morgan fingerprint density at radius 2 is 2.07 bits per heavy atom. The third kappa shape index (κ3) is 2.56. The Labute approximate surface area is 165 Å². The van der Waals surface area contributed by atoms with Crippen LogP contribution in [0.1, 0.15) is 40.0 Å². The molecule has 0 radical (unpaired) electrons. The standard InChI is InChI=1S/C22H29ClO4/c1-11-6-14-18-15(23)8-12-7-13(25)4-5-21(12,2)20(18)16(26)9-22(14,3)19(11)17(27)10-24/h4-5,7,11,14-16,18-20,24,26H,6,8-10H2,1-3H3/t11-,14+,15-,16+,18-,19-,20+,21+,22+/m1/s1. The van der Waals surface area contributed by atoms with Crippen molar-refractivity contribution in [3.05, 3.63) is 23.8 Å². The molecule has 148 valence electrons. The van der Waals surface area contributed by atoms with Crippen molar-refractivity contribution in [2.24, 2.45) is 40.4 Å². The number of ketones is 2. The number of hydrogen-bond acceptors (Lipinski definition) is 4. The molecule has 2 N–H and O–H groups in total. The highest BCUT2D eigenvalue weighted by Gasteiger charge is 2.65. The Kier molecular flexibility index (Phi) is 4.49. The predicted octanol–water partition coefficient (Wildman–Crippen LogP) is 2.91. The van der Waals surface area contributed by atoms with Crippen molar-refractivity contribution < 1.29 is 19.8 Å². The predicted molar refractivity (Wildman–Crippen MR) is 103 cm³/mol. The Morgan fingerprint density at radius 3 is 2.74 bits per heavy atom. The number of allylic oxidation sites excluding steroid dienone is 4. The van der Waals surface area contributed by atoms with Crippen molar-refractivity contribution in [1.82, 2.24) is 0 Å². The maximum absolute atomic E-state index is 12.5. The monoisotopic (exact) mass is 392 g/mol. The van der Waals surface area contributed by atoms with Crippen LogP contribution >= 0.6 is 11.6 Å². The van der Waals surface area contributed by atoms with Gasteiger partial charge in [-0.25, -0.2) is 0 Å². The van der Waals surface area contributed by atoms with Gasteiger partial charge in [0.05, 0.1) is 6.10 Å². The summed E-state index contributed by atoms with van der Waals surface area (Å²) in [5.41, 5.74) is 0.305. The molecule has 3 saturated carbocycles. The molecule has 4 aliphatic rings. The molecule has 0 heterocycles. The summed E-state index contributed by atoms with van der Waals surface area (Å²) in [6.45, 7) is 5.86. The molecule has 0 aromatic heterocycles. The van der Waals surface area contributed by atoms with E-state index in [1.165, 1.54) is 0 Å². The first kappa shape index (κ1) is 19.4. The molecular formula is C22H29ClO4. The van der Waals surface area contributed by atoms with E-state index >= 15 is 0 Å². The normalized spacial score (nSPS) is 51.3. The SMILES string of the molecule is C[C@@H]1C[C@H]2[C@H]3[C@H]([C@@H](O)C[C@]2(C)[C@H]1C(=O)CO)[C@@]1(C)C=CC(=O)C=C1C[C@H]3Cl. The zero-order valence-corrected chi connectivity index (χ0v) is 16.9. The van der Waals surface area contributed by atoms with E-state index in [-0.39, 0.29) is 57.4 Å². The molecule has 4 aliphatic carbocycles. The van der Waals surface area contributed by atoms with Gasteiger partial charge in [-0.15, -0.1) is 11.6 Å². The van der Waals surface area contributed by atoms with Gasteiger partial charge in [-0.05, 0) is 54.6 Å². The lowest BCUT2D eigenvalue weighted by Gasteiger charge is -2.60. The quantitative estimate of drug-likeness (QED) is 0.708. The summed E-state index contributed by atoms with van der Waals surface area (Å²) in [4.78, 5) is 24.4. The van der Waals surface area contributed by atoms with E-state index in [4.69, 9.17) is 11.6 Å². The second-order valence-corrected chi connectivity index (χ2v) is 10.3. The van der Waals surface area contributed by atoms with Crippen molar-refractivity contribution in [2.75, 3.05) is 6.61 Å². The smallest absolute Gasteiger partial charge is 0.178 e. The molecule has 9 atom stereocenters.